The van der Waals surface area contributed by atoms with Crippen molar-refractivity contribution in [3.63, 3.8) is 0 Å². The molecule has 1 aliphatic rings. The minimum atomic E-state index is -0.557. The largest absolute Gasteiger partial charge is 0.445 e. The number of nitrogens with one attached hydrogen (secondary N) is 1. The molecule has 1 aromatic heterocycles. The van der Waals surface area contributed by atoms with Gasteiger partial charge in [-0.2, -0.15) is 0 Å². The van der Waals surface area contributed by atoms with E-state index in [1.165, 1.54) is 0 Å². The average molecular weight is 406 g/mol. The summed E-state index contributed by atoms with van der Waals surface area (Å²) in [6.07, 6.45) is -0.503. The molecule has 0 radical (unpaired) electrons. The van der Waals surface area contributed by atoms with Crippen molar-refractivity contribution in [2.45, 2.75) is 44.9 Å². The third-order valence-electron chi connectivity index (χ3n) is 4.58. The van der Waals surface area contributed by atoms with Crippen LogP contribution in [0, 0.1) is 0 Å². The van der Waals surface area contributed by atoms with Gasteiger partial charge >= 0.3 is 6.09 Å². The SMILES string of the molecule is CC(C)c1csc(NCOCC2CC(O)CN2C(=O)OCc2ccccc2)n1. The fraction of sp³-hybridized carbons (Fsp3) is 0.500. The van der Waals surface area contributed by atoms with E-state index < -0.39 is 12.2 Å². The number of anilines is 1. The Morgan fingerprint density at radius 2 is 2.18 bits per heavy atom. The van der Waals surface area contributed by atoms with Gasteiger partial charge in [-0.05, 0) is 17.9 Å². The first kappa shape index (κ1) is 20.6. The van der Waals surface area contributed by atoms with Gasteiger partial charge in [-0.25, -0.2) is 9.78 Å². The first-order chi connectivity index (χ1) is 13.5. The van der Waals surface area contributed by atoms with E-state index in [0.29, 0.717) is 25.7 Å². The molecule has 0 saturated carbocycles. The van der Waals surface area contributed by atoms with Crippen LogP contribution in [-0.4, -0.2) is 53.1 Å². The average Bonchev–Trinajstić information content (AvgIpc) is 3.31. The summed E-state index contributed by atoms with van der Waals surface area (Å²) < 4.78 is 11.1. The molecule has 1 saturated heterocycles. The number of ether oxygens (including phenoxy) is 2. The van der Waals surface area contributed by atoms with Crippen molar-refractivity contribution in [2.24, 2.45) is 0 Å². The second kappa shape index (κ2) is 9.86. The van der Waals surface area contributed by atoms with Crippen LogP contribution in [0.4, 0.5) is 9.93 Å². The van der Waals surface area contributed by atoms with Gasteiger partial charge in [0.2, 0.25) is 0 Å². The maximum Gasteiger partial charge on any atom is 0.410 e. The molecule has 3 rings (SSSR count). The van der Waals surface area contributed by atoms with E-state index in [1.807, 2.05) is 35.7 Å². The van der Waals surface area contributed by atoms with Crippen LogP contribution in [0.2, 0.25) is 0 Å². The van der Waals surface area contributed by atoms with Gasteiger partial charge in [0.05, 0.1) is 31.0 Å². The molecule has 2 heterocycles. The first-order valence-electron chi connectivity index (χ1n) is 9.45. The zero-order chi connectivity index (χ0) is 19.9. The van der Waals surface area contributed by atoms with Gasteiger partial charge in [0, 0.05) is 5.38 Å². The molecule has 2 unspecified atom stereocenters. The second-order valence-corrected chi connectivity index (χ2v) is 8.02. The third-order valence-corrected chi connectivity index (χ3v) is 5.40. The summed E-state index contributed by atoms with van der Waals surface area (Å²) in [4.78, 5) is 18.4. The number of amides is 1. The van der Waals surface area contributed by atoms with Crippen molar-refractivity contribution >= 4 is 22.6 Å². The zero-order valence-corrected chi connectivity index (χ0v) is 17.0. The van der Waals surface area contributed by atoms with Gasteiger partial charge in [0.15, 0.2) is 5.13 Å². The third kappa shape index (κ3) is 5.67. The molecule has 1 fully saturated rings. The van der Waals surface area contributed by atoms with Crippen LogP contribution in [0.25, 0.3) is 0 Å². The Labute approximate surface area is 169 Å². The molecular weight excluding hydrogens is 378 g/mol. The van der Waals surface area contributed by atoms with E-state index in [0.717, 1.165) is 16.4 Å². The monoisotopic (exact) mass is 405 g/mol. The summed E-state index contributed by atoms with van der Waals surface area (Å²) in [5.41, 5.74) is 1.98. The molecule has 1 aliphatic heterocycles. The van der Waals surface area contributed by atoms with Crippen LogP contribution in [0.3, 0.4) is 0 Å². The molecule has 1 aromatic carbocycles. The number of nitrogens with zero attached hydrogens (tertiary/aromatic N) is 2. The van der Waals surface area contributed by atoms with Crippen LogP contribution in [0.15, 0.2) is 35.7 Å². The summed E-state index contributed by atoms with van der Waals surface area (Å²) in [5, 5.41) is 15.9. The van der Waals surface area contributed by atoms with E-state index in [2.05, 4.69) is 24.1 Å². The van der Waals surface area contributed by atoms with Gasteiger partial charge in [-0.15, -0.1) is 11.3 Å². The topological polar surface area (TPSA) is 83.9 Å². The quantitative estimate of drug-likeness (QED) is 0.517. The lowest BCUT2D eigenvalue weighted by atomic mass is 10.2. The molecule has 0 bridgehead atoms. The predicted molar refractivity (Wildman–Crippen MR) is 108 cm³/mol. The molecule has 2 aromatic rings. The number of aromatic nitrogens is 1. The van der Waals surface area contributed by atoms with Gasteiger partial charge in [0.1, 0.15) is 13.3 Å². The van der Waals surface area contributed by atoms with Crippen molar-refractivity contribution in [3.05, 3.63) is 47.0 Å². The Balaban J connectivity index is 1.43. The number of hydrogen-bond acceptors (Lipinski definition) is 7. The van der Waals surface area contributed by atoms with Crippen molar-refractivity contribution in [2.75, 3.05) is 25.2 Å². The lowest BCUT2D eigenvalue weighted by Crippen LogP contribution is -2.39. The van der Waals surface area contributed by atoms with Gasteiger partial charge in [-0.3, -0.25) is 0 Å². The van der Waals surface area contributed by atoms with Crippen LogP contribution in [0.1, 0.15) is 37.4 Å². The smallest absolute Gasteiger partial charge is 0.410 e. The number of carbonyl (C=O) groups excluding carboxylic acids is 1. The Bertz CT molecular complexity index is 753. The van der Waals surface area contributed by atoms with Crippen LogP contribution in [-0.2, 0) is 16.1 Å². The van der Waals surface area contributed by atoms with E-state index >= 15 is 0 Å². The van der Waals surface area contributed by atoms with Crippen molar-refractivity contribution in [1.29, 1.82) is 0 Å². The normalized spacial score (nSPS) is 19.2. The zero-order valence-electron chi connectivity index (χ0n) is 16.2. The van der Waals surface area contributed by atoms with Crippen LogP contribution in [0.5, 0.6) is 0 Å². The van der Waals surface area contributed by atoms with Gasteiger partial charge in [-0.1, -0.05) is 44.2 Å². The molecular formula is C20H27N3O4S. The Morgan fingerprint density at radius 1 is 1.39 bits per heavy atom. The number of aliphatic hydroxyl groups is 1. The van der Waals surface area contributed by atoms with E-state index in [4.69, 9.17) is 9.47 Å². The lowest BCUT2D eigenvalue weighted by Gasteiger charge is -2.23. The number of thiazole rings is 1. The molecule has 152 valence electrons. The van der Waals surface area contributed by atoms with E-state index in [-0.39, 0.29) is 19.2 Å². The summed E-state index contributed by atoms with van der Waals surface area (Å²) in [7, 11) is 0. The lowest BCUT2D eigenvalue weighted by molar-refractivity contribution is 0.0597. The van der Waals surface area contributed by atoms with Crippen LogP contribution < -0.4 is 5.32 Å². The van der Waals surface area contributed by atoms with Crippen LogP contribution >= 0.6 is 11.3 Å². The fourth-order valence-corrected chi connectivity index (χ4v) is 3.87. The number of benzene rings is 1. The highest BCUT2D eigenvalue weighted by atomic mass is 32.1. The molecule has 1 amide bonds. The Kier molecular flexibility index (Phi) is 7.24. The molecule has 7 nitrogen and oxygen atoms in total. The summed E-state index contributed by atoms with van der Waals surface area (Å²) in [6.45, 7) is 5.30. The highest BCUT2D eigenvalue weighted by molar-refractivity contribution is 7.13. The predicted octanol–water partition coefficient (Wildman–Crippen LogP) is 3.42. The van der Waals surface area contributed by atoms with Gasteiger partial charge in [0.25, 0.3) is 0 Å². The van der Waals surface area contributed by atoms with Crippen molar-refractivity contribution in [3.8, 4) is 0 Å². The molecule has 8 heteroatoms. The highest BCUT2D eigenvalue weighted by Crippen LogP contribution is 2.22. The van der Waals surface area contributed by atoms with E-state index in [1.54, 1.807) is 16.2 Å². The molecule has 0 spiro atoms. The van der Waals surface area contributed by atoms with Gasteiger partial charge < -0.3 is 24.8 Å². The number of rotatable bonds is 8. The Hall–Kier alpha value is -2.16. The number of β-amino-alcohol motifs (C(OH)–C–C–N with tert-alkyl or cyclic N) is 1. The Morgan fingerprint density at radius 3 is 2.89 bits per heavy atom. The fourth-order valence-electron chi connectivity index (χ4n) is 3.02. The molecule has 28 heavy (non-hydrogen) atoms. The number of carbonyl (C=O) groups is 1. The summed E-state index contributed by atoms with van der Waals surface area (Å²) in [5.74, 6) is 0.392. The molecule has 2 atom stereocenters. The maximum absolute atomic E-state index is 12.4. The molecule has 0 aliphatic carbocycles. The van der Waals surface area contributed by atoms with Crippen molar-refractivity contribution < 1.29 is 19.4 Å². The number of aliphatic hydroxyl groups excluding tert-OH is 1. The van der Waals surface area contributed by atoms with Crippen molar-refractivity contribution in [1.82, 2.24) is 9.88 Å². The first-order valence-corrected chi connectivity index (χ1v) is 10.3. The summed E-state index contributed by atoms with van der Waals surface area (Å²) in [6, 6.07) is 9.32. The summed E-state index contributed by atoms with van der Waals surface area (Å²) >= 11 is 1.54. The second-order valence-electron chi connectivity index (χ2n) is 7.16. The number of hydrogen-bond donors (Lipinski definition) is 2. The minimum absolute atomic E-state index is 0.206. The molecule has 2 N–H and O–H groups in total. The maximum atomic E-state index is 12.4. The van der Waals surface area contributed by atoms with E-state index in [9.17, 15) is 9.90 Å². The minimum Gasteiger partial charge on any atom is -0.445 e. The highest BCUT2D eigenvalue weighted by Gasteiger charge is 2.35. The number of likely N-dealkylation sites (tertiary alicyclic amines) is 1. The standard InChI is InChI=1S/C20H27N3O4S/c1-14(2)18-12-28-19(22-18)21-13-26-11-16-8-17(24)9-23(16)20(25)27-10-15-6-4-3-5-7-15/h3-7,12,14,16-17,24H,8-11,13H2,1-2H3,(H,21,22).